The summed E-state index contributed by atoms with van der Waals surface area (Å²) in [4.78, 5) is 11.8. The average Bonchev–Trinajstić information content (AvgIpc) is 3.14. The first-order valence-electron chi connectivity index (χ1n) is 7.37. The molecule has 1 aliphatic rings. The third-order valence-electron chi connectivity index (χ3n) is 3.44. The molecule has 1 aromatic heterocycles. The van der Waals surface area contributed by atoms with E-state index in [1.165, 1.54) is 0 Å². The van der Waals surface area contributed by atoms with Crippen LogP contribution in [0.2, 0.25) is 0 Å². The molecule has 0 radical (unpaired) electrons. The van der Waals surface area contributed by atoms with Crippen LogP contribution >= 0.6 is 11.8 Å². The van der Waals surface area contributed by atoms with E-state index in [-0.39, 0.29) is 17.0 Å². The van der Waals surface area contributed by atoms with Crippen LogP contribution in [0.4, 0.5) is 0 Å². The fraction of sp³-hybridized carbons (Fsp3) is 0.786. The minimum absolute atomic E-state index is 0.129. The van der Waals surface area contributed by atoms with Gasteiger partial charge in [0.25, 0.3) is 0 Å². The van der Waals surface area contributed by atoms with Crippen molar-refractivity contribution in [2.45, 2.75) is 75.0 Å². The molecule has 1 saturated carbocycles. The highest BCUT2D eigenvalue weighted by Crippen LogP contribution is 2.37. The van der Waals surface area contributed by atoms with Crippen molar-refractivity contribution in [3.05, 3.63) is 10.5 Å². The smallest absolute Gasteiger partial charge is 0.297 e. The number of hydrogen-bond donors (Lipinski definition) is 2. The van der Waals surface area contributed by atoms with Gasteiger partial charge in [-0.25, -0.2) is 9.89 Å². The molecule has 1 aliphatic carbocycles. The molecule has 2 unspecified atom stereocenters. The molecule has 0 aromatic carbocycles. The second-order valence-corrected chi connectivity index (χ2v) is 7.69. The normalized spacial score (nSPS) is 19.2. The molecule has 0 saturated heterocycles. The van der Waals surface area contributed by atoms with Crippen LogP contribution in [0, 0.1) is 11.3 Å². The van der Waals surface area contributed by atoms with Gasteiger partial charge in [-0.05, 0) is 40.0 Å². The van der Waals surface area contributed by atoms with Crippen LogP contribution < -0.4 is 11.0 Å². The van der Waals surface area contributed by atoms with Gasteiger partial charge in [-0.15, -0.1) is 5.10 Å². The van der Waals surface area contributed by atoms with Crippen molar-refractivity contribution in [1.82, 2.24) is 20.1 Å². The highest BCUT2D eigenvalue weighted by Gasteiger charge is 2.31. The lowest BCUT2D eigenvalue weighted by molar-refractivity contribution is 0.382. The molecular formula is C14H23N5OS. The maximum atomic E-state index is 11.8. The van der Waals surface area contributed by atoms with Gasteiger partial charge in [0.2, 0.25) is 0 Å². The molecule has 0 amide bonds. The number of nitriles is 1. The Hall–Kier alpha value is -1.26. The maximum Gasteiger partial charge on any atom is 0.344 e. The molecule has 116 valence electrons. The summed E-state index contributed by atoms with van der Waals surface area (Å²) in [6.07, 6.45) is 2.79. The molecule has 2 atom stereocenters. The first kappa shape index (κ1) is 16.1. The summed E-state index contributed by atoms with van der Waals surface area (Å²) in [6.45, 7) is 8.05. The second-order valence-electron chi connectivity index (χ2n) is 6.29. The Morgan fingerprint density at radius 3 is 2.76 bits per heavy atom. The Morgan fingerprint density at radius 1 is 1.57 bits per heavy atom. The standard InChI is InChI=1S/C14H23N5OS/c1-9(2)16-14(4,8-15)7-10(3)21-13-18-17-12(20)19(13)11-5-6-11/h9-11,16H,5-7H2,1-4H3,(H,17,20). The Kier molecular flexibility index (Phi) is 4.79. The lowest BCUT2D eigenvalue weighted by Crippen LogP contribution is -2.46. The van der Waals surface area contributed by atoms with Crippen LogP contribution in [-0.2, 0) is 0 Å². The van der Waals surface area contributed by atoms with Gasteiger partial charge in [0, 0.05) is 17.3 Å². The molecule has 1 aromatic rings. The lowest BCUT2D eigenvalue weighted by Gasteiger charge is -2.28. The molecule has 0 bridgehead atoms. The van der Waals surface area contributed by atoms with Gasteiger partial charge in [-0.1, -0.05) is 18.7 Å². The van der Waals surface area contributed by atoms with Crippen molar-refractivity contribution in [2.75, 3.05) is 0 Å². The topological polar surface area (TPSA) is 86.5 Å². The van der Waals surface area contributed by atoms with Crippen LogP contribution in [0.3, 0.4) is 0 Å². The number of rotatable bonds is 7. The minimum Gasteiger partial charge on any atom is -0.297 e. The first-order valence-corrected chi connectivity index (χ1v) is 8.25. The van der Waals surface area contributed by atoms with Gasteiger partial charge in [0.05, 0.1) is 6.07 Å². The molecule has 7 heteroatoms. The first-order chi connectivity index (χ1) is 9.84. The number of hydrogen-bond acceptors (Lipinski definition) is 5. The number of aromatic amines is 1. The minimum atomic E-state index is -0.568. The van der Waals surface area contributed by atoms with Crippen LogP contribution in [-0.4, -0.2) is 31.6 Å². The van der Waals surface area contributed by atoms with Crippen LogP contribution in [0.5, 0.6) is 0 Å². The Bertz CT molecular complexity index is 583. The van der Waals surface area contributed by atoms with Gasteiger partial charge < -0.3 is 0 Å². The molecular weight excluding hydrogens is 286 g/mol. The summed E-state index contributed by atoms with van der Waals surface area (Å²) in [7, 11) is 0. The Balaban J connectivity index is 2.03. The molecule has 21 heavy (non-hydrogen) atoms. The molecule has 2 N–H and O–H groups in total. The van der Waals surface area contributed by atoms with Crippen molar-refractivity contribution in [2.24, 2.45) is 0 Å². The summed E-state index contributed by atoms with van der Waals surface area (Å²) in [5.74, 6) is 0. The average molecular weight is 309 g/mol. The van der Waals surface area contributed by atoms with E-state index < -0.39 is 5.54 Å². The third-order valence-corrected chi connectivity index (χ3v) is 4.51. The largest absolute Gasteiger partial charge is 0.344 e. The third kappa shape index (κ3) is 4.11. The second kappa shape index (κ2) is 6.24. The molecule has 1 heterocycles. The summed E-state index contributed by atoms with van der Waals surface area (Å²) in [5.41, 5.74) is -0.697. The summed E-state index contributed by atoms with van der Waals surface area (Å²) >= 11 is 1.56. The lowest BCUT2D eigenvalue weighted by atomic mass is 9.97. The molecule has 0 spiro atoms. The van der Waals surface area contributed by atoms with Gasteiger partial charge in [0.15, 0.2) is 5.16 Å². The number of thioether (sulfide) groups is 1. The summed E-state index contributed by atoms with van der Waals surface area (Å²) in [5, 5.41) is 20.3. The summed E-state index contributed by atoms with van der Waals surface area (Å²) in [6, 6.07) is 2.92. The van der Waals surface area contributed by atoms with E-state index in [0.717, 1.165) is 18.0 Å². The van der Waals surface area contributed by atoms with Gasteiger partial charge in [-0.3, -0.25) is 9.88 Å². The molecule has 2 rings (SSSR count). The van der Waals surface area contributed by atoms with E-state index >= 15 is 0 Å². The zero-order valence-corrected chi connectivity index (χ0v) is 13.8. The molecule has 0 aliphatic heterocycles. The van der Waals surface area contributed by atoms with Crippen molar-refractivity contribution in [3.8, 4) is 6.07 Å². The Labute approximate surface area is 129 Å². The quantitative estimate of drug-likeness (QED) is 0.753. The predicted molar refractivity (Wildman–Crippen MR) is 83.3 cm³/mol. The number of aromatic nitrogens is 3. The van der Waals surface area contributed by atoms with Gasteiger partial charge in [0.1, 0.15) is 5.54 Å². The maximum absolute atomic E-state index is 11.8. The molecule has 1 fully saturated rings. The van der Waals surface area contributed by atoms with E-state index in [1.807, 2.05) is 20.8 Å². The van der Waals surface area contributed by atoms with Crippen LogP contribution in [0.1, 0.15) is 53.0 Å². The summed E-state index contributed by atoms with van der Waals surface area (Å²) < 4.78 is 1.75. The van der Waals surface area contributed by atoms with Crippen LogP contribution in [0.25, 0.3) is 0 Å². The fourth-order valence-corrected chi connectivity index (χ4v) is 3.82. The van der Waals surface area contributed by atoms with Crippen molar-refractivity contribution < 1.29 is 0 Å². The Morgan fingerprint density at radius 2 is 2.24 bits per heavy atom. The van der Waals surface area contributed by atoms with Crippen molar-refractivity contribution in [3.63, 3.8) is 0 Å². The van der Waals surface area contributed by atoms with E-state index in [2.05, 4.69) is 28.5 Å². The van der Waals surface area contributed by atoms with Gasteiger partial charge >= 0.3 is 5.69 Å². The van der Waals surface area contributed by atoms with Crippen molar-refractivity contribution in [1.29, 1.82) is 5.26 Å². The van der Waals surface area contributed by atoms with E-state index in [9.17, 15) is 10.1 Å². The number of nitrogens with zero attached hydrogens (tertiary/aromatic N) is 3. The zero-order valence-electron chi connectivity index (χ0n) is 13.0. The van der Waals surface area contributed by atoms with E-state index in [4.69, 9.17) is 0 Å². The number of nitrogens with one attached hydrogen (secondary N) is 2. The van der Waals surface area contributed by atoms with E-state index in [1.54, 1.807) is 16.3 Å². The highest BCUT2D eigenvalue weighted by atomic mass is 32.2. The molecule has 6 nitrogen and oxygen atoms in total. The van der Waals surface area contributed by atoms with Crippen LogP contribution in [0.15, 0.2) is 9.95 Å². The van der Waals surface area contributed by atoms with Gasteiger partial charge in [-0.2, -0.15) is 5.26 Å². The number of H-pyrrole nitrogens is 1. The van der Waals surface area contributed by atoms with Crippen molar-refractivity contribution >= 4 is 11.8 Å². The highest BCUT2D eigenvalue weighted by molar-refractivity contribution is 7.99. The fourth-order valence-electron chi connectivity index (χ4n) is 2.60. The zero-order chi connectivity index (χ0) is 15.6. The predicted octanol–water partition coefficient (Wildman–Crippen LogP) is 2.06. The monoisotopic (exact) mass is 309 g/mol. The SMILES string of the molecule is CC(C)NC(C)(C#N)CC(C)Sc1n[nH]c(=O)n1C1CC1. The van der Waals surface area contributed by atoms with E-state index in [0.29, 0.717) is 12.5 Å².